The number of hydrogen-bond acceptors (Lipinski definition) is 2. The minimum absolute atomic E-state index is 0.0126. The normalized spacial score (nSPS) is 10.1. The summed E-state index contributed by atoms with van der Waals surface area (Å²) in [5.41, 5.74) is 3.55. The van der Waals surface area contributed by atoms with Crippen LogP contribution in [0.15, 0.2) is 18.2 Å². The van der Waals surface area contributed by atoms with E-state index >= 15 is 0 Å². The second kappa shape index (κ2) is 5.62. The van der Waals surface area contributed by atoms with Gasteiger partial charge < -0.3 is 4.90 Å². The number of ketones is 1. The first-order chi connectivity index (χ1) is 7.90. The van der Waals surface area contributed by atoms with Crippen LogP contribution in [0.5, 0.6) is 0 Å². The van der Waals surface area contributed by atoms with Crippen LogP contribution in [-0.2, 0) is 16.1 Å². The highest BCUT2D eigenvalue weighted by Gasteiger charge is 2.11. The first-order valence-corrected chi connectivity index (χ1v) is 5.69. The van der Waals surface area contributed by atoms with E-state index < -0.39 is 0 Å². The van der Waals surface area contributed by atoms with E-state index in [2.05, 4.69) is 19.9 Å². The van der Waals surface area contributed by atoms with E-state index in [9.17, 15) is 9.59 Å². The molecule has 0 fully saturated rings. The topological polar surface area (TPSA) is 37.4 Å². The Morgan fingerprint density at radius 1 is 1.18 bits per heavy atom. The number of amides is 1. The summed E-state index contributed by atoms with van der Waals surface area (Å²) in [6.07, 6.45) is -0.0126. The largest absolute Gasteiger partial charge is 0.341 e. The van der Waals surface area contributed by atoms with Crippen LogP contribution in [0.1, 0.15) is 30.0 Å². The molecule has 1 rings (SSSR count). The number of Topliss-reactive ketones (excluding diaryl/α,β-unsaturated/α-hetero) is 1. The Balaban J connectivity index is 2.67. The summed E-state index contributed by atoms with van der Waals surface area (Å²) in [4.78, 5) is 24.1. The highest BCUT2D eigenvalue weighted by Crippen LogP contribution is 2.11. The average Bonchev–Trinajstić information content (AvgIpc) is 2.22. The number of carbonyl (C=O) groups excluding carboxylic acids is 2. The molecule has 0 saturated carbocycles. The van der Waals surface area contributed by atoms with Crippen LogP contribution in [0.25, 0.3) is 0 Å². The molecule has 17 heavy (non-hydrogen) atoms. The van der Waals surface area contributed by atoms with Crippen molar-refractivity contribution in [2.45, 2.75) is 33.7 Å². The molecule has 0 aliphatic rings. The summed E-state index contributed by atoms with van der Waals surface area (Å²) >= 11 is 0. The van der Waals surface area contributed by atoms with Crippen LogP contribution < -0.4 is 0 Å². The Kier molecular flexibility index (Phi) is 4.44. The summed E-state index contributed by atoms with van der Waals surface area (Å²) in [5, 5.41) is 0. The Hall–Kier alpha value is -1.64. The van der Waals surface area contributed by atoms with Crippen molar-refractivity contribution in [1.29, 1.82) is 0 Å². The van der Waals surface area contributed by atoms with E-state index in [1.165, 1.54) is 18.1 Å². The molecule has 0 radical (unpaired) electrons. The van der Waals surface area contributed by atoms with Crippen LogP contribution in [0.2, 0.25) is 0 Å². The molecule has 3 nitrogen and oxygen atoms in total. The quantitative estimate of drug-likeness (QED) is 0.748. The van der Waals surface area contributed by atoms with E-state index in [-0.39, 0.29) is 18.1 Å². The number of carbonyl (C=O) groups is 2. The molecule has 0 N–H and O–H groups in total. The van der Waals surface area contributed by atoms with Crippen LogP contribution >= 0.6 is 0 Å². The van der Waals surface area contributed by atoms with E-state index in [1.54, 1.807) is 11.9 Å². The zero-order valence-electron chi connectivity index (χ0n) is 10.9. The number of aryl methyl sites for hydroxylation is 2. The Labute approximate surface area is 102 Å². The third-order valence-corrected chi connectivity index (χ3v) is 2.82. The molecule has 0 atom stereocenters. The van der Waals surface area contributed by atoms with Crippen molar-refractivity contribution in [3.63, 3.8) is 0 Å². The minimum atomic E-state index is -0.129. The van der Waals surface area contributed by atoms with Crippen molar-refractivity contribution in [1.82, 2.24) is 4.90 Å². The number of benzene rings is 1. The monoisotopic (exact) mass is 233 g/mol. The molecule has 0 unspecified atom stereocenters. The smallest absolute Gasteiger partial charge is 0.230 e. The fourth-order valence-electron chi connectivity index (χ4n) is 1.61. The lowest BCUT2D eigenvalue weighted by Crippen LogP contribution is -2.27. The first-order valence-electron chi connectivity index (χ1n) is 5.69. The summed E-state index contributed by atoms with van der Waals surface area (Å²) < 4.78 is 0. The maximum atomic E-state index is 11.6. The Morgan fingerprint density at radius 3 is 2.35 bits per heavy atom. The van der Waals surface area contributed by atoms with Gasteiger partial charge in [-0.05, 0) is 37.5 Å². The van der Waals surface area contributed by atoms with Crippen molar-refractivity contribution >= 4 is 11.7 Å². The fourth-order valence-corrected chi connectivity index (χ4v) is 1.61. The van der Waals surface area contributed by atoms with Gasteiger partial charge in [-0.2, -0.15) is 0 Å². The van der Waals surface area contributed by atoms with Gasteiger partial charge in [0.25, 0.3) is 0 Å². The standard InChI is InChI=1S/C14H19NO2/c1-10-5-6-13(7-11(10)2)9-15(4)14(17)8-12(3)16/h5-7H,8-9H2,1-4H3. The van der Waals surface area contributed by atoms with Crippen molar-refractivity contribution in [3.8, 4) is 0 Å². The SMILES string of the molecule is CC(=O)CC(=O)N(C)Cc1ccc(C)c(C)c1. The second-order valence-corrected chi connectivity index (χ2v) is 4.55. The van der Waals surface area contributed by atoms with Gasteiger partial charge in [0.15, 0.2) is 0 Å². The molecule has 0 bridgehead atoms. The van der Waals surface area contributed by atoms with Crippen molar-refractivity contribution < 1.29 is 9.59 Å². The molecular weight excluding hydrogens is 214 g/mol. The summed E-state index contributed by atoms with van der Waals surface area (Å²) in [6, 6.07) is 6.14. The third-order valence-electron chi connectivity index (χ3n) is 2.82. The summed E-state index contributed by atoms with van der Waals surface area (Å²) in [6.45, 7) is 6.09. The van der Waals surface area contributed by atoms with Crippen LogP contribution in [-0.4, -0.2) is 23.6 Å². The lowest BCUT2D eigenvalue weighted by Gasteiger charge is -2.17. The van der Waals surface area contributed by atoms with Gasteiger partial charge in [-0.15, -0.1) is 0 Å². The molecule has 1 aromatic carbocycles. The van der Waals surface area contributed by atoms with Gasteiger partial charge in [-0.1, -0.05) is 18.2 Å². The lowest BCUT2D eigenvalue weighted by atomic mass is 10.1. The molecule has 1 amide bonds. The molecule has 0 aliphatic carbocycles. The lowest BCUT2D eigenvalue weighted by molar-refractivity contribution is -0.134. The van der Waals surface area contributed by atoms with E-state index in [4.69, 9.17) is 0 Å². The first kappa shape index (κ1) is 13.4. The van der Waals surface area contributed by atoms with Gasteiger partial charge in [0.05, 0.1) is 6.42 Å². The molecule has 1 aromatic rings. The highest BCUT2D eigenvalue weighted by molar-refractivity contribution is 5.96. The van der Waals surface area contributed by atoms with Gasteiger partial charge >= 0.3 is 0 Å². The van der Waals surface area contributed by atoms with Crippen molar-refractivity contribution in [2.24, 2.45) is 0 Å². The maximum Gasteiger partial charge on any atom is 0.230 e. The molecule has 92 valence electrons. The zero-order chi connectivity index (χ0) is 13.0. The van der Waals surface area contributed by atoms with Crippen LogP contribution in [0, 0.1) is 13.8 Å². The van der Waals surface area contributed by atoms with Crippen LogP contribution in [0.3, 0.4) is 0 Å². The number of rotatable bonds is 4. The van der Waals surface area contributed by atoms with E-state index in [1.807, 2.05) is 12.1 Å². The molecule has 0 aromatic heterocycles. The molecule has 0 saturated heterocycles. The molecule has 0 spiro atoms. The predicted molar refractivity (Wildman–Crippen MR) is 67.7 cm³/mol. The third kappa shape index (κ3) is 4.02. The van der Waals surface area contributed by atoms with Gasteiger partial charge in [-0.3, -0.25) is 9.59 Å². The van der Waals surface area contributed by atoms with Gasteiger partial charge in [0, 0.05) is 13.6 Å². The summed E-state index contributed by atoms with van der Waals surface area (Å²) in [5.74, 6) is -0.224. The van der Waals surface area contributed by atoms with E-state index in [0.29, 0.717) is 6.54 Å². The predicted octanol–water partition coefficient (Wildman–Crippen LogP) is 2.24. The van der Waals surface area contributed by atoms with Gasteiger partial charge in [0.1, 0.15) is 5.78 Å². The Morgan fingerprint density at radius 2 is 1.82 bits per heavy atom. The molecular formula is C14H19NO2. The number of hydrogen-bond donors (Lipinski definition) is 0. The van der Waals surface area contributed by atoms with Crippen LogP contribution in [0.4, 0.5) is 0 Å². The highest BCUT2D eigenvalue weighted by atomic mass is 16.2. The van der Waals surface area contributed by atoms with E-state index in [0.717, 1.165) is 5.56 Å². The van der Waals surface area contributed by atoms with Gasteiger partial charge in [0.2, 0.25) is 5.91 Å². The summed E-state index contributed by atoms with van der Waals surface area (Å²) in [7, 11) is 1.72. The molecule has 3 heteroatoms. The zero-order valence-corrected chi connectivity index (χ0v) is 10.9. The van der Waals surface area contributed by atoms with Crippen molar-refractivity contribution in [2.75, 3.05) is 7.05 Å². The molecule has 0 heterocycles. The maximum absolute atomic E-state index is 11.6. The van der Waals surface area contributed by atoms with Gasteiger partial charge in [-0.25, -0.2) is 0 Å². The number of nitrogens with zero attached hydrogens (tertiary/aromatic N) is 1. The molecule has 0 aliphatic heterocycles. The Bertz CT molecular complexity index is 438. The average molecular weight is 233 g/mol. The second-order valence-electron chi connectivity index (χ2n) is 4.55. The minimum Gasteiger partial charge on any atom is -0.341 e. The fraction of sp³-hybridized carbons (Fsp3) is 0.429. The van der Waals surface area contributed by atoms with Crippen molar-refractivity contribution in [3.05, 3.63) is 34.9 Å².